The molecule has 0 atom stereocenters. The van der Waals surface area contributed by atoms with Crippen molar-refractivity contribution in [1.82, 2.24) is 29.0 Å². The third-order valence-corrected chi connectivity index (χ3v) is 7.43. The fourth-order valence-electron chi connectivity index (χ4n) is 4.81. The molecule has 172 valence electrons. The Balaban J connectivity index is 1.36. The third-order valence-electron chi connectivity index (χ3n) is 6.54. The zero-order valence-corrected chi connectivity index (χ0v) is 19.8. The first-order chi connectivity index (χ1) is 16.1. The molecule has 0 radical (unpaired) electrons. The van der Waals surface area contributed by atoms with Gasteiger partial charge in [0.2, 0.25) is 5.78 Å². The SMILES string of the molecule is CCCN(Cc1nnc2n(C)c(=O)c3sccc3n12)C1CCN(C(=O)c2ccccc2)CC1. The summed E-state index contributed by atoms with van der Waals surface area (Å²) in [5.41, 5.74) is 1.59. The highest BCUT2D eigenvalue weighted by Gasteiger charge is 2.28. The average molecular weight is 465 g/mol. The maximum atomic E-state index is 12.8. The van der Waals surface area contributed by atoms with E-state index in [4.69, 9.17) is 0 Å². The van der Waals surface area contributed by atoms with E-state index in [1.54, 1.807) is 11.6 Å². The number of aromatic nitrogens is 4. The van der Waals surface area contributed by atoms with Gasteiger partial charge in [0.15, 0.2) is 5.82 Å². The number of aryl methyl sites for hydroxylation is 1. The predicted octanol–water partition coefficient (Wildman–Crippen LogP) is 3.16. The molecule has 0 aliphatic carbocycles. The summed E-state index contributed by atoms with van der Waals surface area (Å²) in [6.07, 6.45) is 2.90. The maximum Gasteiger partial charge on any atom is 0.272 e. The van der Waals surface area contributed by atoms with Gasteiger partial charge >= 0.3 is 0 Å². The summed E-state index contributed by atoms with van der Waals surface area (Å²) in [5, 5.41) is 10.8. The molecular formula is C24H28N6O2S. The molecular weight excluding hydrogens is 436 g/mol. The van der Waals surface area contributed by atoms with Gasteiger partial charge in [-0.1, -0.05) is 25.1 Å². The first-order valence-electron chi connectivity index (χ1n) is 11.5. The summed E-state index contributed by atoms with van der Waals surface area (Å²) in [5.74, 6) is 1.53. The van der Waals surface area contributed by atoms with Crippen LogP contribution in [0.25, 0.3) is 16.0 Å². The lowest BCUT2D eigenvalue weighted by Crippen LogP contribution is -2.47. The maximum absolute atomic E-state index is 12.8. The van der Waals surface area contributed by atoms with E-state index in [-0.39, 0.29) is 11.5 Å². The summed E-state index contributed by atoms with van der Waals surface area (Å²) in [6, 6.07) is 11.9. The molecule has 5 rings (SSSR count). The van der Waals surface area contributed by atoms with Crippen LogP contribution in [0.3, 0.4) is 0 Å². The molecule has 33 heavy (non-hydrogen) atoms. The Hall–Kier alpha value is -3.04. The largest absolute Gasteiger partial charge is 0.339 e. The number of benzene rings is 1. The van der Waals surface area contributed by atoms with Crippen LogP contribution in [0, 0.1) is 0 Å². The zero-order chi connectivity index (χ0) is 22.9. The fourth-order valence-corrected chi connectivity index (χ4v) is 5.66. The predicted molar refractivity (Wildman–Crippen MR) is 130 cm³/mol. The van der Waals surface area contributed by atoms with Crippen LogP contribution in [-0.2, 0) is 13.6 Å². The van der Waals surface area contributed by atoms with E-state index in [0.29, 0.717) is 18.4 Å². The van der Waals surface area contributed by atoms with E-state index in [1.807, 2.05) is 51.1 Å². The van der Waals surface area contributed by atoms with Crippen LogP contribution in [0.5, 0.6) is 0 Å². The second kappa shape index (κ2) is 9.07. The molecule has 9 heteroatoms. The lowest BCUT2D eigenvalue weighted by Gasteiger charge is -2.38. The Labute approximate surface area is 196 Å². The smallest absolute Gasteiger partial charge is 0.272 e. The van der Waals surface area contributed by atoms with Crippen LogP contribution < -0.4 is 5.56 Å². The van der Waals surface area contributed by atoms with Crippen molar-refractivity contribution in [3.05, 3.63) is 63.5 Å². The fraction of sp³-hybridized carbons (Fsp3) is 0.417. The molecule has 3 aromatic heterocycles. The van der Waals surface area contributed by atoms with Crippen LogP contribution >= 0.6 is 11.3 Å². The molecule has 8 nitrogen and oxygen atoms in total. The normalized spacial score (nSPS) is 15.2. The van der Waals surface area contributed by atoms with Crippen LogP contribution in [0.4, 0.5) is 0 Å². The second-order valence-electron chi connectivity index (χ2n) is 8.61. The molecule has 0 unspecified atom stereocenters. The first-order valence-corrected chi connectivity index (χ1v) is 12.3. The van der Waals surface area contributed by atoms with E-state index in [1.165, 1.54) is 11.3 Å². The van der Waals surface area contributed by atoms with Crippen LogP contribution in [-0.4, -0.2) is 60.5 Å². The van der Waals surface area contributed by atoms with Gasteiger partial charge in [0.25, 0.3) is 11.5 Å². The quantitative estimate of drug-likeness (QED) is 0.438. The van der Waals surface area contributed by atoms with Gasteiger partial charge in [0.05, 0.1) is 12.1 Å². The van der Waals surface area contributed by atoms with Crippen molar-refractivity contribution >= 4 is 33.2 Å². The molecule has 1 amide bonds. The van der Waals surface area contributed by atoms with E-state index >= 15 is 0 Å². The van der Waals surface area contributed by atoms with Gasteiger partial charge in [-0.25, -0.2) is 0 Å². The molecule has 1 aromatic carbocycles. The second-order valence-corrected chi connectivity index (χ2v) is 9.53. The van der Waals surface area contributed by atoms with E-state index in [0.717, 1.165) is 60.5 Å². The van der Waals surface area contributed by atoms with Crippen molar-refractivity contribution in [3.63, 3.8) is 0 Å². The highest BCUT2D eigenvalue weighted by Crippen LogP contribution is 2.23. The highest BCUT2D eigenvalue weighted by atomic mass is 32.1. The lowest BCUT2D eigenvalue weighted by molar-refractivity contribution is 0.0603. The average Bonchev–Trinajstić information content (AvgIpc) is 3.50. The molecule has 1 fully saturated rings. The standard InChI is InChI=1S/C24H28N6O2S/c1-3-12-29(18-9-13-28(14-10-18)22(31)17-7-5-4-6-8-17)16-20-25-26-24-27(2)23(32)21-19(30(20)24)11-15-33-21/h4-8,11,15,18H,3,9-10,12-14,16H2,1-2H3. The lowest BCUT2D eigenvalue weighted by atomic mass is 10.0. The van der Waals surface area contributed by atoms with Gasteiger partial charge in [-0.15, -0.1) is 21.5 Å². The Bertz CT molecular complexity index is 1330. The number of fused-ring (bicyclic) bond motifs is 3. The Morgan fingerprint density at radius 3 is 2.64 bits per heavy atom. The number of carbonyl (C=O) groups excluding carboxylic acids is 1. The number of thiophene rings is 1. The van der Waals surface area contributed by atoms with Crippen LogP contribution in [0.1, 0.15) is 42.4 Å². The molecule has 4 heterocycles. The summed E-state index contributed by atoms with van der Waals surface area (Å²) < 4.78 is 4.32. The summed E-state index contributed by atoms with van der Waals surface area (Å²) in [7, 11) is 1.75. The van der Waals surface area contributed by atoms with Crippen molar-refractivity contribution in [2.45, 2.75) is 38.8 Å². The Kier molecular flexibility index (Phi) is 5.99. The molecule has 0 spiro atoms. The van der Waals surface area contributed by atoms with Crippen molar-refractivity contribution in [3.8, 4) is 0 Å². The number of rotatable bonds is 6. The molecule has 0 saturated carbocycles. The van der Waals surface area contributed by atoms with Crippen LogP contribution in [0.2, 0.25) is 0 Å². The highest BCUT2D eigenvalue weighted by molar-refractivity contribution is 7.17. The minimum Gasteiger partial charge on any atom is -0.339 e. The van der Waals surface area contributed by atoms with Gasteiger partial charge in [-0.3, -0.25) is 23.5 Å². The van der Waals surface area contributed by atoms with Gasteiger partial charge < -0.3 is 4.90 Å². The monoisotopic (exact) mass is 464 g/mol. The molecule has 1 aliphatic rings. The molecule has 0 bridgehead atoms. The van der Waals surface area contributed by atoms with Gasteiger partial charge in [-0.05, 0) is 49.4 Å². The molecule has 1 aliphatic heterocycles. The molecule has 4 aromatic rings. The summed E-state index contributed by atoms with van der Waals surface area (Å²) in [6.45, 7) is 5.30. The number of likely N-dealkylation sites (tertiary alicyclic amines) is 1. The van der Waals surface area contributed by atoms with E-state index in [2.05, 4.69) is 22.0 Å². The van der Waals surface area contributed by atoms with Crippen molar-refractivity contribution < 1.29 is 4.79 Å². The van der Waals surface area contributed by atoms with Crippen LogP contribution in [0.15, 0.2) is 46.6 Å². The first kappa shape index (κ1) is 21.8. The molecule has 1 saturated heterocycles. The van der Waals surface area contributed by atoms with Gasteiger partial charge in [-0.2, -0.15) is 0 Å². The summed E-state index contributed by atoms with van der Waals surface area (Å²) >= 11 is 1.45. The van der Waals surface area contributed by atoms with Gasteiger partial charge in [0.1, 0.15) is 4.70 Å². The van der Waals surface area contributed by atoms with Crippen molar-refractivity contribution in [2.24, 2.45) is 7.05 Å². The van der Waals surface area contributed by atoms with E-state index in [9.17, 15) is 9.59 Å². The summed E-state index contributed by atoms with van der Waals surface area (Å²) in [4.78, 5) is 29.9. The van der Waals surface area contributed by atoms with E-state index < -0.39 is 0 Å². The Morgan fingerprint density at radius 1 is 1.15 bits per heavy atom. The number of carbonyl (C=O) groups is 1. The molecule has 0 N–H and O–H groups in total. The third kappa shape index (κ3) is 3.95. The number of nitrogens with zero attached hydrogens (tertiary/aromatic N) is 6. The number of hydrogen-bond acceptors (Lipinski definition) is 6. The number of hydrogen-bond donors (Lipinski definition) is 0. The van der Waals surface area contributed by atoms with Crippen molar-refractivity contribution in [1.29, 1.82) is 0 Å². The minimum atomic E-state index is -0.0349. The number of piperidine rings is 1. The van der Waals surface area contributed by atoms with Gasteiger partial charge in [0, 0.05) is 31.7 Å². The number of amides is 1. The Morgan fingerprint density at radius 2 is 1.91 bits per heavy atom. The zero-order valence-electron chi connectivity index (χ0n) is 19.0. The van der Waals surface area contributed by atoms with Crippen molar-refractivity contribution in [2.75, 3.05) is 19.6 Å². The topological polar surface area (TPSA) is 75.7 Å². The minimum absolute atomic E-state index is 0.0349.